The van der Waals surface area contributed by atoms with Crippen LogP contribution in [0.3, 0.4) is 0 Å². The summed E-state index contributed by atoms with van der Waals surface area (Å²) in [4.78, 5) is 15.4. The number of nitrogens with zero attached hydrogens (tertiary/aromatic N) is 3. The number of rotatable bonds is 3. The molecule has 2 aromatic heterocycles. The highest BCUT2D eigenvalue weighted by molar-refractivity contribution is 6.30. The van der Waals surface area contributed by atoms with Crippen LogP contribution in [0.1, 0.15) is 5.56 Å². The number of fused-ring (bicyclic) bond motifs is 1. The van der Waals surface area contributed by atoms with E-state index in [2.05, 4.69) is 25.3 Å². The summed E-state index contributed by atoms with van der Waals surface area (Å²) in [6.07, 6.45) is 3.10. The molecule has 0 aliphatic rings. The third kappa shape index (κ3) is 2.12. The third-order valence-corrected chi connectivity index (χ3v) is 2.80. The second-order valence-corrected chi connectivity index (χ2v) is 4.24. The van der Waals surface area contributed by atoms with Crippen LogP contribution >= 0.6 is 11.6 Å². The first-order valence-corrected chi connectivity index (χ1v) is 5.83. The van der Waals surface area contributed by atoms with E-state index in [0.29, 0.717) is 12.4 Å². The molecule has 2 heterocycles. The number of hydrogen-bond acceptors (Lipinski definition) is 4. The summed E-state index contributed by atoms with van der Waals surface area (Å²) in [6.45, 7) is 0.638. The monoisotopic (exact) mass is 259 g/mol. The molecule has 0 spiro atoms. The lowest BCUT2D eigenvalue weighted by Crippen LogP contribution is -2.02. The average Bonchev–Trinajstić information content (AvgIpc) is 2.85. The van der Waals surface area contributed by atoms with E-state index in [-0.39, 0.29) is 0 Å². The van der Waals surface area contributed by atoms with Gasteiger partial charge >= 0.3 is 0 Å². The largest absolute Gasteiger partial charge is 0.364 e. The van der Waals surface area contributed by atoms with Crippen molar-refractivity contribution in [1.29, 1.82) is 0 Å². The lowest BCUT2D eigenvalue weighted by Gasteiger charge is -2.05. The van der Waals surface area contributed by atoms with Crippen LogP contribution in [0.15, 0.2) is 36.9 Å². The molecule has 0 bridgehead atoms. The van der Waals surface area contributed by atoms with Gasteiger partial charge in [0.25, 0.3) is 0 Å². The van der Waals surface area contributed by atoms with Crippen molar-refractivity contribution in [2.45, 2.75) is 6.54 Å². The number of benzene rings is 1. The van der Waals surface area contributed by atoms with Crippen molar-refractivity contribution in [1.82, 2.24) is 19.9 Å². The molecule has 0 atom stereocenters. The number of aromatic nitrogens is 4. The molecule has 0 fully saturated rings. The van der Waals surface area contributed by atoms with Crippen LogP contribution in [0.4, 0.5) is 5.82 Å². The number of nitrogens with one attached hydrogen (secondary N) is 2. The molecule has 0 aliphatic heterocycles. The van der Waals surface area contributed by atoms with Crippen LogP contribution in [0.5, 0.6) is 0 Å². The SMILES string of the molecule is Clc1cccc(CNc2ncnc3[nH]cnc23)c1. The van der Waals surface area contributed by atoms with Gasteiger partial charge in [0.2, 0.25) is 0 Å². The van der Waals surface area contributed by atoms with E-state index in [1.807, 2.05) is 24.3 Å². The van der Waals surface area contributed by atoms with Crippen LogP contribution < -0.4 is 5.32 Å². The standard InChI is InChI=1S/C12H10ClN5/c13-9-3-1-2-8(4-9)5-14-11-10-12(16-6-15-10)18-7-17-11/h1-4,6-7H,5H2,(H2,14,15,16,17,18). The number of halogens is 1. The summed E-state index contributed by atoms with van der Waals surface area (Å²) in [6, 6.07) is 7.68. The highest BCUT2D eigenvalue weighted by Crippen LogP contribution is 2.16. The lowest BCUT2D eigenvalue weighted by atomic mass is 10.2. The van der Waals surface area contributed by atoms with Crippen LogP contribution in [0, 0.1) is 0 Å². The molecule has 90 valence electrons. The van der Waals surface area contributed by atoms with Gasteiger partial charge in [-0.3, -0.25) is 0 Å². The quantitative estimate of drug-likeness (QED) is 0.759. The van der Waals surface area contributed by atoms with E-state index >= 15 is 0 Å². The zero-order valence-electron chi connectivity index (χ0n) is 9.39. The van der Waals surface area contributed by atoms with Crippen LogP contribution in [0.25, 0.3) is 11.2 Å². The molecule has 2 N–H and O–H groups in total. The highest BCUT2D eigenvalue weighted by Gasteiger charge is 2.05. The van der Waals surface area contributed by atoms with Gasteiger partial charge in [-0.25, -0.2) is 15.0 Å². The third-order valence-electron chi connectivity index (χ3n) is 2.57. The minimum Gasteiger partial charge on any atom is -0.364 e. The second kappa shape index (κ2) is 4.62. The molecule has 0 saturated carbocycles. The van der Waals surface area contributed by atoms with E-state index in [4.69, 9.17) is 11.6 Å². The molecular formula is C12H10ClN5. The van der Waals surface area contributed by atoms with Crippen molar-refractivity contribution in [2.75, 3.05) is 5.32 Å². The van der Waals surface area contributed by atoms with E-state index in [9.17, 15) is 0 Å². The van der Waals surface area contributed by atoms with Gasteiger partial charge in [-0.15, -0.1) is 0 Å². The smallest absolute Gasteiger partial charge is 0.162 e. The minimum absolute atomic E-state index is 0.638. The topological polar surface area (TPSA) is 66.5 Å². The fourth-order valence-electron chi connectivity index (χ4n) is 1.73. The highest BCUT2D eigenvalue weighted by atomic mass is 35.5. The first-order chi connectivity index (χ1) is 8.83. The van der Waals surface area contributed by atoms with Crippen molar-refractivity contribution in [3.63, 3.8) is 0 Å². The Bertz CT molecular complexity index is 679. The molecule has 3 aromatic rings. The van der Waals surface area contributed by atoms with E-state index in [0.717, 1.165) is 21.7 Å². The molecule has 1 aromatic carbocycles. The number of hydrogen-bond donors (Lipinski definition) is 2. The number of anilines is 1. The van der Waals surface area contributed by atoms with Crippen molar-refractivity contribution in [2.24, 2.45) is 0 Å². The Labute approximate surface area is 108 Å². The number of imidazole rings is 1. The fourth-order valence-corrected chi connectivity index (χ4v) is 1.94. The van der Waals surface area contributed by atoms with E-state index in [1.165, 1.54) is 6.33 Å². The summed E-state index contributed by atoms with van der Waals surface area (Å²) in [7, 11) is 0. The number of H-pyrrole nitrogens is 1. The maximum absolute atomic E-state index is 5.93. The predicted molar refractivity (Wildman–Crippen MR) is 70.5 cm³/mol. The molecule has 18 heavy (non-hydrogen) atoms. The normalized spacial score (nSPS) is 10.7. The number of aromatic amines is 1. The van der Waals surface area contributed by atoms with Gasteiger partial charge in [0.15, 0.2) is 11.5 Å². The van der Waals surface area contributed by atoms with Crippen molar-refractivity contribution in [3.8, 4) is 0 Å². The summed E-state index contributed by atoms with van der Waals surface area (Å²) >= 11 is 5.93. The molecule has 0 aliphatic carbocycles. The first kappa shape index (κ1) is 11.0. The molecule has 0 amide bonds. The molecule has 5 nitrogen and oxygen atoms in total. The van der Waals surface area contributed by atoms with Crippen molar-refractivity contribution >= 4 is 28.6 Å². The molecular weight excluding hydrogens is 250 g/mol. The van der Waals surface area contributed by atoms with Crippen LogP contribution in [-0.4, -0.2) is 19.9 Å². The van der Waals surface area contributed by atoms with Gasteiger partial charge in [-0.2, -0.15) is 0 Å². The molecule has 0 saturated heterocycles. The Morgan fingerprint density at radius 2 is 2.17 bits per heavy atom. The Kier molecular flexibility index (Phi) is 2.82. The zero-order chi connectivity index (χ0) is 12.4. The van der Waals surface area contributed by atoms with Gasteiger partial charge in [-0.05, 0) is 17.7 Å². The van der Waals surface area contributed by atoms with Gasteiger partial charge in [0, 0.05) is 11.6 Å². The van der Waals surface area contributed by atoms with Crippen LogP contribution in [-0.2, 0) is 6.54 Å². The fraction of sp³-hybridized carbons (Fsp3) is 0.0833. The zero-order valence-corrected chi connectivity index (χ0v) is 10.1. The Morgan fingerprint density at radius 3 is 3.06 bits per heavy atom. The summed E-state index contributed by atoms with van der Waals surface area (Å²) in [5, 5.41) is 3.95. The summed E-state index contributed by atoms with van der Waals surface area (Å²) < 4.78 is 0. The summed E-state index contributed by atoms with van der Waals surface area (Å²) in [5.41, 5.74) is 2.54. The Hall–Kier alpha value is -2.14. The van der Waals surface area contributed by atoms with Crippen molar-refractivity contribution in [3.05, 3.63) is 47.5 Å². The van der Waals surface area contributed by atoms with E-state index < -0.39 is 0 Å². The van der Waals surface area contributed by atoms with Crippen LogP contribution in [0.2, 0.25) is 5.02 Å². The second-order valence-electron chi connectivity index (χ2n) is 3.81. The molecule has 0 radical (unpaired) electrons. The van der Waals surface area contributed by atoms with E-state index in [1.54, 1.807) is 6.33 Å². The summed E-state index contributed by atoms with van der Waals surface area (Å²) in [5.74, 6) is 0.709. The van der Waals surface area contributed by atoms with Crippen molar-refractivity contribution < 1.29 is 0 Å². The Balaban J connectivity index is 1.83. The van der Waals surface area contributed by atoms with Gasteiger partial charge in [0.1, 0.15) is 11.8 Å². The maximum Gasteiger partial charge on any atom is 0.162 e. The minimum atomic E-state index is 0.638. The van der Waals surface area contributed by atoms with Gasteiger partial charge in [0.05, 0.1) is 6.33 Å². The lowest BCUT2D eigenvalue weighted by molar-refractivity contribution is 1.10. The molecule has 3 rings (SSSR count). The van der Waals surface area contributed by atoms with Gasteiger partial charge in [-0.1, -0.05) is 23.7 Å². The average molecular weight is 260 g/mol. The molecule has 0 unspecified atom stereocenters. The van der Waals surface area contributed by atoms with Gasteiger partial charge < -0.3 is 10.3 Å². The first-order valence-electron chi connectivity index (χ1n) is 5.45. The Morgan fingerprint density at radius 1 is 1.22 bits per heavy atom. The predicted octanol–water partition coefficient (Wildman–Crippen LogP) is 2.62. The molecule has 6 heteroatoms. The maximum atomic E-state index is 5.93.